The number of primary sulfonamides is 1. The summed E-state index contributed by atoms with van der Waals surface area (Å²) in [5.74, 6) is 0. The maximum Gasteiger partial charge on any atom is 0.243 e. The monoisotopic (exact) mass is 372 g/mol. The first kappa shape index (κ1) is 17.8. The largest absolute Gasteiger partial charge is 0.243 e. The summed E-state index contributed by atoms with van der Waals surface area (Å²) in [6.45, 7) is 3.96. The molecular formula is C14H16N2O4S3. The van der Waals surface area contributed by atoms with E-state index >= 15 is 0 Å². The van der Waals surface area contributed by atoms with Crippen LogP contribution in [0.2, 0.25) is 0 Å². The topological polar surface area (TPSA) is 97.5 Å². The molecule has 2 N–H and O–H groups in total. The van der Waals surface area contributed by atoms with Gasteiger partial charge in [0.2, 0.25) is 20.0 Å². The molecule has 9 heteroatoms. The van der Waals surface area contributed by atoms with Crippen molar-refractivity contribution in [2.75, 3.05) is 6.54 Å². The molecule has 0 radical (unpaired) electrons. The molecule has 0 atom stereocenters. The number of nitrogens with two attached hydrogens (primary N) is 1. The third-order valence-electron chi connectivity index (χ3n) is 3.04. The smallest absolute Gasteiger partial charge is 0.225 e. The summed E-state index contributed by atoms with van der Waals surface area (Å²) in [7, 11) is -7.63. The minimum absolute atomic E-state index is 0.00306. The van der Waals surface area contributed by atoms with Crippen LogP contribution in [-0.4, -0.2) is 27.7 Å². The van der Waals surface area contributed by atoms with E-state index in [1.165, 1.54) is 46.0 Å². The molecule has 23 heavy (non-hydrogen) atoms. The van der Waals surface area contributed by atoms with Crippen molar-refractivity contribution in [3.63, 3.8) is 0 Å². The molecule has 0 saturated carbocycles. The van der Waals surface area contributed by atoms with E-state index in [4.69, 9.17) is 5.14 Å². The summed E-state index contributed by atoms with van der Waals surface area (Å²) in [5.41, 5.74) is 0. The van der Waals surface area contributed by atoms with Crippen LogP contribution in [-0.2, 0) is 26.6 Å². The molecule has 0 fully saturated rings. The first-order valence-electron chi connectivity index (χ1n) is 6.51. The van der Waals surface area contributed by atoms with E-state index in [9.17, 15) is 16.8 Å². The quantitative estimate of drug-likeness (QED) is 0.749. The maximum atomic E-state index is 12.7. The zero-order valence-corrected chi connectivity index (χ0v) is 14.6. The fourth-order valence-corrected chi connectivity index (χ4v) is 4.62. The van der Waals surface area contributed by atoms with Crippen molar-refractivity contribution in [3.8, 4) is 0 Å². The van der Waals surface area contributed by atoms with E-state index in [-0.39, 0.29) is 22.9 Å². The average Bonchev–Trinajstić information content (AvgIpc) is 2.99. The van der Waals surface area contributed by atoms with Crippen LogP contribution in [0, 0.1) is 0 Å². The Balaban J connectivity index is 2.35. The van der Waals surface area contributed by atoms with E-state index < -0.39 is 20.0 Å². The van der Waals surface area contributed by atoms with Crippen LogP contribution in [0.5, 0.6) is 0 Å². The third-order valence-corrected chi connectivity index (χ3v) is 6.65. The highest BCUT2D eigenvalue weighted by Gasteiger charge is 2.24. The van der Waals surface area contributed by atoms with Crippen molar-refractivity contribution < 1.29 is 16.8 Å². The van der Waals surface area contributed by atoms with Crippen LogP contribution in [0.25, 0.3) is 0 Å². The number of rotatable bonds is 7. The number of hydrogen-bond acceptors (Lipinski definition) is 5. The molecule has 124 valence electrons. The normalized spacial score (nSPS) is 12.4. The number of benzene rings is 1. The molecule has 6 nitrogen and oxygen atoms in total. The van der Waals surface area contributed by atoms with E-state index in [0.29, 0.717) is 0 Å². The summed E-state index contributed by atoms with van der Waals surface area (Å²) in [4.78, 5) is 0.768. The second kappa shape index (κ2) is 6.93. The van der Waals surface area contributed by atoms with Crippen LogP contribution in [0.15, 0.2) is 64.2 Å². The van der Waals surface area contributed by atoms with Gasteiger partial charge in [-0.2, -0.15) is 4.31 Å². The van der Waals surface area contributed by atoms with Gasteiger partial charge in [-0.25, -0.2) is 22.0 Å². The van der Waals surface area contributed by atoms with Crippen LogP contribution >= 0.6 is 11.3 Å². The third kappa shape index (κ3) is 4.27. The fourth-order valence-electron chi connectivity index (χ4n) is 1.92. The van der Waals surface area contributed by atoms with Crippen molar-refractivity contribution >= 4 is 31.4 Å². The first-order valence-corrected chi connectivity index (χ1v) is 10.4. The molecular weight excluding hydrogens is 356 g/mol. The predicted molar refractivity (Wildman–Crippen MR) is 89.9 cm³/mol. The van der Waals surface area contributed by atoms with Gasteiger partial charge in [0.1, 0.15) is 0 Å². The zero-order chi connectivity index (χ0) is 17.1. The molecule has 1 aromatic heterocycles. The number of hydrogen-bond donors (Lipinski definition) is 1. The number of nitrogens with zero attached hydrogens (tertiary/aromatic N) is 1. The van der Waals surface area contributed by atoms with Crippen molar-refractivity contribution in [1.29, 1.82) is 0 Å². The highest BCUT2D eigenvalue weighted by molar-refractivity contribution is 7.89. The van der Waals surface area contributed by atoms with Gasteiger partial charge in [0.15, 0.2) is 0 Å². The van der Waals surface area contributed by atoms with Crippen molar-refractivity contribution in [2.24, 2.45) is 5.14 Å². The summed E-state index contributed by atoms with van der Waals surface area (Å²) in [5, 5.41) is 6.88. The Morgan fingerprint density at radius 3 is 2.17 bits per heavy atom. The van der Waals surface area contributed by atoms with Crippen LogP contribution in [0.4, 0.5) is 0 Å². The van der Waals surface area contributed by atoms with Gasteiger partial charge in [0, 0.05) is 18.0 Å². The standard InChI is InChI=1S/C14H16N2O4S3/c1-2-9-16(11-12-4-3-10-21-12)23(19,20)14-7-5-13(6-8-14)22(15,17)18/h2-8,10H,1,9,11H2,(H2,15,17,18). The SMILES string of the molecule is C=CCN(Cc1cccs1)S(=O)(=O)c1ccc(S(N)(=O)=O)cc1. The Hall–Kier alpha value is -1.52. The van der Waals surface area contributed by atoms with Crippen molar-refractivity contribution in [2.45, 2.75) is 16.3 Å². The first-order chi connectivity index (χ1) is 10.7. The minimum Gasteiger partial charge on any atom is -0.225 e. The second-order valence-electron chi connectivity index (χ2n) is 4.68. The molecule has 0 aliphatic carbocycles. The minimum atomic E-state index is -3.86. The van der Waals surface area contributed by atoms with Crippen LogP contribution in [0.1, 0.15) is 4.88 Å². The lowest BCUT2D eigenvalue weighted by molar-refractivity contribution is 0.441. The highest BCUT2D eigenvalue weighted by Crippen LogP contribution is 2.21. The van der Waals surface area contributed by atoms with Crippen LogP contribution < -0.4 is 5.14 Å². The molecule has 0 aliphatic heterocycles. The molecule has 0 unspecified atom stereocenters. The Bertz CT molecular complexity index is 871. The van der Waals surface area contributed by atoms with Gasteiger partial charge >= 0.3 is 0 Å². The Morgan fingerprint density at radius 1 is 1.09 bits per heavy atom. The van der Waals surface area contributed by atoms with Gasteiger partial charge in [0.25, 0.3) is 0 Å². The molecule has 0 saturated heterocycles. The van der Waals surface area contributed by atoms with Crippen molar-refractivity contribution in [3.05, 3.63) is 59.3 Å². The Kier molecular flexibility index (Phi) is 5.37. The van der Waals surface area contributed by atoms with Crippen molar-refractivity contribution in [1.82, 2.24) is 4.31 Å². The van der Waals surface area contributed by atoms with E-state index in [2.05, 4.69) is 6.58 Å². The lowest BCUT2D eigenvalue weighted by atomic mass is 10.4. The van der Waals surface area contributed by atoms with Gasteiger partial charge in [-0.3, -0.25) is 0 Å². The second-order valence-corrected chi connectivity index (χ2v) is 9.21. The summed E-state index contributed by atoms with van der Waals surface area (Å²) < 4.78 is 49.2. The molecule has 0 bridgehead atoms. The molecule has 0 aliphatic rings. The number of thiophene rings is 1. The molecule has 1 heterocycles. The molecule has 2 aromatic rings. The van der Waals surface area contributed by atoms with E-state index in [1.54, 1.807) is 0 Å². The molecule has 1 aromatic carbocycles. The molecule has 0 amide bonds. The molecule has 2 rings (SSSR count). The summed E-state index contributed by atoms with van der Waals surface area (Å²) in [6, 6.07) is 8.53. The molecule has 0 spiro atoms. The van der Waals surface area contributed by atoms with Gasteiger partial charge in [-0.05, 0) is 35.7 Å². The average molecular weight is 372 g/mol. The zero-order valence-electron chi connectivity index (χ0n) is 12.1. The number of sulfonamides is 2. The van der Waals surface area contributed by atoms with Gasteiger partial charge in [0.05, 0.1) is 9.79 Å². The summed E-state index contributed by atoms with van der Waals surface area (Å²) >= 11 is 1.46. The lowest BCUT2D eigenvalue weighted by Gasteiger charge is -2.20. The fraction of sp³-hybridized carbons (Fsp3) is 0.143. The van der Waals surface area contributed by atoms with Gasteiger partial charge in [-0.1, -0.05) is 12.1 Å². The maximum absolute atomic E-state index is 12.7. The summed E-state index contributed by atoms with van der Waals surface area (Å²) in [6.07, 6.45) is 1.50. The predicted octanol–water partition coefficient (Wildman–Crippen LogP) is 1.77. The van der Waals surface area contributed by atoms with E-state index in [1.807, 2.05) is 17.5 Å². The van der Waals surface area contributed by atoms with Crippen LogP contribution in [0.3, 0.4) is 0 Å². The van der Waals surface area contributed by atoms with Gasteiger partial charge < -0.3 is 0 Å². The highest BCUT2D eigenvalue weighted by atomic mass is 32.2. The Morgan fingerprint density at radius 2 is 1.70 bits per heavy atom. The van der Waals surface area contributed by atoms with E-state index in [0.717, 1.165) is 4.88 Å². The Labute approximate surface area is 140 Å². The van der Waals surface area contributed by atoms with Gasteiger partial charge in [-0.15, -0.1) is 17.9 Å². The lowest BCUT2D eigenvalue weighted by Crippen LogP contribution is -2.30.